The lowest BCUT2D eigenvalue weighted by Gasteiger charge is -2.19. The number of hydrogen-bond acceptors (Lipinski definition) is 6. The van der Waals surface area contributed by atoms with Gasteiger partial charge in [-0.25, -0.2) is 8.78 Å². The maximum Gasteiger partial charge on any atom is 0.268 e. The van der Waals surface area contributed by atoms with Crippen molar-refractivity contribution in [3.8, 4) is 6.07 Å². The minimum absolute atomic E-state index is 0.307. The van der Waals surface area contributed by atoms with Crippen LogP contribution in [-0.4, -0.2) is 60.5 Å². The molecule has 3 aromatic rings. The first-order valence-corrected chi connectivity index (χ1v) is 11.8. The predicted molar refractivity (Wildman–Crippen MR) is 137 cm³/mol. The van der Waals surface area contributed by atoms with Crippen LogP contribution in [0.3, 0.4) is 0 Å². The highest BCUT2D eigenvalue weighted by atomic mass is 19.3. The van der Waals surface area contributed by atoms with Gasteiger partial charge >= 0.3 is 0 Å². The van der Waals surface area contributed by atoms with E-state index < -0.39 is 43.3 Å². The Kier molecular flexibility index (Phi) is 6.21. The number of likely N-dealkylation sites (tertiary alicyclic amines) is 1. The fraction of sp³-hybridized carbons (Fsp3) is 0.259. The number of carbonyl (C=O) groups excluding carboxylic acids is 2. The summed E-state index contributed by atoms with van der Waals surface area (Å²) in [6.07, 6.45) is 4.71. The quantitative estimate of drug-likeness (QED) is 0.516. The first kappa shape index (κ1) is 24.2. The molecule has 2 aliphatic heterocycles. The van der Waals surface area contributed by atoms with Crippen LogP contribution in [0.1, 0.15) is 27.9 Å². The Morgan fingerprint density at radius 1 is 1.22 bits per heavy atom. The van der Waals surface area contributed by atoms with Crippen LogP contribution >= 0.6 is 0 Å². The summed E-state index contributed by atoms with van der Waals surface area (Å²) in [5.74, 6) is -4.37. The monoisotopic (exact) mass is 502 g/mol. The van der Waals surface area contributed by atoms with Crippen molar-refractivity contribution in [3.63, 3.8) is 0 Å². The number of halogens is 2. The number of amides is 2. The van der Waals surface area contributed by atoms with Crippen molar-refractivity contribution in [1.82, 2.24) is 15.2 Å². The van der Waals surface area contributed by atoms with Crippen LogP contribution in [0.2, 0.25) is 0 Å². The summed E-state index contributed by atoms with van der Waals surface area (Å²) >= 11 is 0. The van der Waals surface area contributed by atoms with E-state index in [4.69, 9.17) is 5.26 Å². The van der Waals surface area contributed by atoms with Gasteiger partial charge in [0.25, 0.3) is 11.8 Å². The van der Waals surface area contributed by atoms with Gasteiger partial charge in [-0.05, 0) is 41.5 Å². The summed E-state index contributed by atoms with van der Waals surface area (Å²) in [7, 11) is 2.02. The normalized spacial score (nSPS) is 18.1. The van der Waals surface area contributed by atoms with Crippen LogP contribution in [0.4, 0.5) is 20.2 Å². The molecular formula is C27H24F2N6O2. The van der Waals surface area contributed by atoms with E-state index >= 15 is 0 Å². The van der Waals surface area contributed by atoms with Gasteiger partial charge in [0.15, 0.2) is 0 Å². The number of pyridine rings is 1. The molecule has 1 fully saturated rings. The summed E-state index contributed by atoms with van der Waals surface area (Å²) in [6, 6.07) is 13.8. The molecule has 0 saturated carbocycles. The van der Waals surface area contributed by atoms with Crippen molar-refractivity contribution in [2.45, 2.75) is 18.4 Å². The van der Waals surface area contributed by atoms with Crippen LogP contribution in [0.15, 0.2) is 48.7 Å². The number of alkyl halides is 2. The number of anilines is 2. The van der Waals surface area contributed by atoms with Crippen molar-refractivity contribution in [1.29, 1.82) is 5.26 Å². The summed E-state index contributed by atoms with van der Waals surface area (Å²) in [5.41, 5.74) is 5.00. The first-order valence-electron chi connectivity index (χ1n) is 11.8. The van der Waals surface area contributed by atoms with Crippen molar-refractivity contribution >= 4 is 46.2 Å². The van der Waals surface area contributed by atoms with E-state index in [0.717, 1.165) is 34.1 Å². The molecular weight excluding hydrogens is 478 g/mol. The molecule has 1 aromatic heterocycles. The zero-order chi connectivity index (χ0) is 26.2. The van der Waals surface area contributed by atoms with Gasteiger partial charge in [0.1, 0.15) is 6.04 Å². The Labute approximate surface area is 212 Å². The Morgan fingerprint density at radius 2 is 1.97 bits per heavy atom. The lowest BCUT2D eigenvalue weighted by Crippen LogP contribution is -2.43. The maximum atomic E-state index is 13.7. The van der Waals surface area contributed by atoms with E-state index in [2.05, 4.69) is 32.7 Å². The van der Waals surface area contributed by atoms with Gasteiger partial charge in [0, 0.05) is 25.1 Å². The second-order valence-corrected chi connectivity index (χ2v) is 9.19. The molecule has 8 nitrogen and oxygen atoms in total. The number of rotatable bonds is 5. The third kappa shape index (κ3) is 4.93. The Bertz CT molecular complexity index is 1470. The van der Waals surface area contributed by atoms with Crippen LogP contribution < -0.4 is 15.5 Å². The van der Waals surface area contributed by atoms with E-state index in [1.54, 1.807) is 18.2 Å². The Hall–Kier alpha value is -4.52. The zero-order valence-electron chi connectivity index (χ0n) is 20.0. The third-order valence-electron chi connectivity index (χ3n) is 6.56. The molecule has 3 heterocycles. The van der Waals surface area contributed by atoms with Crippen LogP contribution in [-0.2, 0) is 4.79 Å². The number of nitrogens with one attached hydrogen (secondary N) is 2. The van der Waals surface area contributed by atoms with Gasteiger partial charge < -0.3 is 20.4 Å². The third-order valence-corrected chi connectivity index (χ3v) is 6.56. The largest absolute Gasteiger partial charge is 0.366 e. The topological polar surface area (TPSA) is 101 Å². The van der Waals surface area contributed by atoms with Gasteiger partial charge in [0.2, 0.25) is 5.91 Å². The highest BCUT2D eigenvalue weighted by Gasteiger charge is 2.47. The molecule has 1 unspecified atom stereocenters. The molecule has 2 aliphatic rings. The van der Waals surface area contributed by atoms with Gasteiger partial charge in [-0.3, -0.25) is 14.6 Å². The molecule has 0 bridgehead atoms. The number of fused-ring (bicyclic) bond motifs is 2. The minimum atomic E-state index is -3.11. The maximum absolute atomic E-state index is 13.7. The lowest BCUT2D eigenvalue weighted by molar-refractivity contribution is -0.131. The molecule has 0 radical (unpaired) electrons. The molecule has 188 valence electrons. The van der Waals surface area contributed by atoms with E-state index in [9.17, 15) is 18.4 Å². The number of nitrogens with zero attached hydrogens (tertiary/aromatic N) is 4. The number of aromatic nitrogens is 1. The summed E-state index contributed by atoms with van der Waals surface area (Å²) < 4.78 is 27.3. The molecule has 0 aliphatic carbocycles. The number of benzene rings is 2. The average Bonchev–Trinajstić information content (AvgIpc) is 3.43. The highest BCUT2D eigenvalue weighted by Crippen LogP contribution is 2.32. The van der Waals surface area contributed by atoms with Crippen molar-refractivity contribution in [2.24, 2.45) is 0 Å². The molecule has 2 N–H and O–H groups in total. The molecule has 2 amide bonds. The number of carbonyl (C=O) groups is 2. The number of hydrogen-bond donors (Lipinski definition) is 2. The van der Waals surface area contributed by atoms with Crippen molar-refractivity contribution in [3.05, 3.63) is 65.4 Å². The van der Waals surface area contributed by atoms with Crippen LogP contribution in [0.5, 0.6) is 0 Å². The Balaban J connectivity index is 1.31. The van der Waals surface area contributed by atoms with Crippen molar-refractivity contribution in [2.75, 3.05) is 37.0 Å². The van der Waals surface area contributed by atoms with E-state index in [1.807, 2.05) is 37.4 Å². The van der Waals surface area contributed by atoms with Gasteiger partial charge in [-0.2, -0.15) is 5.26 Å². The fourth-order valence-electron chi connectivity index (χ4n) is 4.63. The summed E-state index contributed by atoms with van der Waals surface area (Å²) in [6.45, 7) is -0.553. The molecule has 5 rings (SSSR count). The predicted octanol–water partition coefficient (Wildman–Crippen LogP) is 3.71. The van der Waals surface area contributed by atoms with Gasteiger partial charge in [-0.15, -0.1) is 0 Å². The van der Waals surface area contributed by atoms with Gasteiger partial charge in [-0.1, -0.05) is 24.3 Å². The average molecular weight is 503 g/mol. The molecule has 2 aromatic carbocycles. The second kappa shape index (κ2) is 9.50. The minimum Gasteiger partial charge on any atom is -0.366 e. The first-order chi connectivity index (χ1) is 17.7. The fourth-order valence-corrected chi connectivity index (χ4v) is 4.63. The standard InChI is InChI=1S/C27H24F2N6O2/c1-34-16-33-23-11-18(5-7-24(23)34)3-2-17-4-6-22-21(10-17)20(8-9-31-22)26(37)32-14-25(36)35-15-27(28,29)12-19(35)13-30/h2-11,19,33H,12,14-16H2,1H3,(H,32,37). The second-order valence-electron chi connectivity index (χ2n) is 9.19. The molecule has 1 saturated heterocycles. The van der Waals surface area contributed by atoms with Gasteiger partial charge in [0.05, 0.1) is 48.3 Å². The van der Waals surface area contributed by atoms with Crippen LogP contribution in [0, 0.1) is 11.3 Å². The molecule has 0 spiro atoms. The SMILES string of the molecule is CN1CNc2cc(C=Cc3ccc4nccc(C(=O)NCC(=O)N5CC(F)(F)CC5C#N)c4c3)ccc21. The van der Waals surface area contributed by atoms with E-state index in [1.165, 1.54) is 6.20 Å². The highest BCUT2D eigenvalue weighted by molar-refractivity contribution is 6.07. The zero-order valence-corrected chi connectivity index (χ0v) is 20.0. The number of nitriles is 1. The summed E-state index contributed by atoms with van der Waals surface area (Å²) in [5, 5.41) is 15.5. The smallest absolute Gasteiger partial charge is 0.268 e. The molecule has 10 heteroatoms. The lowest BCUT2D eigenvalue weighted by atomic mass is 10.0. The van der Waals surface area contributed by atoms with E-state index in [0.29, 0.717) is 16.5 Å². The van der Waals surface area contributed by atoms with E-state index in [-0.39, 0.29) is 0 Å². The summed E-state index contributed by atoms with van der Waals surface area (Å²) in [4.78, 5) is 32.7. The van der Waals surface area contributed by atoms with Crippen LogP contribution in [0.25, 0.3) is 23.1 Å². The Morgan fingerprint density at radius 3 is 2.76 bits per heavy atom. The molecule has 37 heavy (non-hydrogen) atoms. The molecule has 1 atom stereocenters. The van der Waals surface area contributed by atoms with Crippen molar-refractivity contribution < 1.29 is 18.4 Å².